The Morgan fingerprint density at radius 1 is 0.479 bits per heavy atom. The molecule has 0 radical (unpaired) electrons. The number of hydrogen-bond donors (Lipinski definition) is 0. The first-order chi connectivity index (χ1) is 23.6. The summed E-state index contributed by atoms with van der Waals surface area (Å²) in [5.41, 5.74) is 0. The Balaban J connectivity index is 4.09. The molecule has 0 rings (SSSR count). The van der Waals surface area contributed by atoms with Crippen LogP contribution in [0.4, 0.5) is 0 Å². The Hall–Kier alpha value is -2.40. The smallest absolute Gasteiger partial charge is 0.306 e. The van der Waals surface area contributed by atoms with E-state index >= 15 is 0 Å². The number of hydrogen-bond acceptors (Lipinski definition) is 5. The van der Waals surface area contributed by atoms with E-state index in [2.05, 4.69) is 81.5 Å². The molecule has 0 aliphatic carbocycles. The highest BCUT2D eigenvalue weighted by atomic mass is 16.6. The maximum atomic E-state index is 12.4. The molecule has 0 saturated carbocycles. The van der Waals surface area contributed by atoms with E-state index in [9.17, 15) is 9.59 Å². The van der Waals surface area contributed by atoms with Crippen LogP contribution in [0.2, 0.25) is 0 Å². The van der Waals surface area contributed by atoms with Gasteiger partial charge in [0.05, 0.1) is 6.61 Å². The van der Waals surface area contributed by atoms with Crippen LogP contribution in [0.3, 0.4) is 0 Å². The summed E-state index contributed by atoms with van der Waals surface area (Å²) in [6, 6.07) is 0. The monoisotopic (exact) mass is 671 g/mol. The summed E-state index contributed by atoms with van der Waals surface area (Å²) in [5.74, 6) is -0.435. The van der Waals surface area contributed by atoms with Crippen molar-refractivity contribution >= 4 is 11.9 Å². The SMILES string of the molecule is CC/C=C\C/C=C\C/C=C\C/C=C\C/C=C\CCCCCCOCC(COC(=O)CCCCCCCCC)OC(=O)CCCCCCC. The zero-order valence-corrected chi connectivity index (χ0v) is 31.5. The van der Waals surface area contributed by atoms with Gasteiger partial charge in [0, 0.05) is 19.4 Å². The number of esters is 2. The quantitative estimate of drug-likeness (QED) is 0.0381. The lowest BCUT2D eigenvalue weighted by Crippen LogP contribution is -2.30. The second-order valence-corrected chi connectivity index (χ2v) is 12.8. The van der Waals surface area contributed by atoms with Crippen molar-refractivity contribution in [1.29, 1.82) is 0 Å². The lowest BCUT2D eigenvalue weighted by molar-refractivity contribution is -0.163. The fourth-order valence-electron chi connectivity index (χ4n) is 5.12. The van der Waals surface area contributed by atoms with Crippen LogP contribution in [0.25, 0.3) is 0 Å². The molecule has 0 aliphatic heterocycles. The van der Waals surface area contributed by atoms with Crippen molar-refractivity contribution in [3.05, 3.63) is 60.8 Å². The van der Waals surface area contributed by atoms with Crippen LogP contribution >= 0.6 is 0 Å². The largest absolute Gasteiger partial charge is 0.462 e. The summed E-state index contributed by atoms with van der Waals surface area (Å²) in [7, 11) is 0. The van der Waals surface area contributed by atoms with E-state index in [1.165, 1.54) is 57.8 Å². The van der Waals surface area contributed by atoms with Crippen molar-refractivity contribution < 1.29 is 23.8 Å². The lowest BCUT2D eigenvalue weighted by Gasteiger charge is -2.18. The third kappa shape index (κ3) is 36.4. The number of carbonyl (C=O) groups excluding carboxylic acids is 2. The number of allylic oxidation sites excluding steroid dienone is 10. The maximum Gasteiger partial charge on any atom is 0.306 e. The fraction of sp³-hybridized carbons (Fsp3) is 0.721. The Labute approximate surface area is 296 Å². The van der Waals surface area contributed by atoms with Crippen molar-refractivity contribution in [1.82, 2.24) is 0 Å². The van der Waals surface area contributed by atoms with Crippen LogP contribution in [0.15, 0.2) is 60.8 Å². The van der Waals surface area contributed by atoms with Crippen LogP contribution in [0.5, 0.6) is 0 Å². The molecular weight excluding hydrogens is 596 g/mol. The normalized spacial score (nSPS) is 12.8. The molecule has 0 saturated heterocycles. The molecular formula is C43H74O5. The molecule has 276 valence electrons. The van der Waals surface area contributed by atoms with Crippen LogP contribution in [0, 0.1) is 0 Å². The molecule has 5 nitrogen and oxygen atoms in total. The molecule has 0 aromatic rings. The van der Waals surface area contributed by atoms with Crippen LogP contribution in [0.1, 0.15) is 175 Å². The van der Waals surface area contributed by atoms with Crippen LogP contribution in [-0.2, 0) is 23.8 Å². The summed E-state index contributed by atoms with van der Waals surface area (Å²) < 4.78 is 17.0. The average molecular weight is 671 g/mol. The van der Waals surface area contributed by atoms with E-state index in [1.54, 1.807) is 0 Å². The predicted molar refractivity (Wildman–Crippen MR) is 205 cm³/mol. The van der Waals surface area contributed by atoms with Gasteiger partial charge >= 0.3 is 11.9 Å². The maximum absolute atomic E-state index is 12.4. The standard InChI is InChI=1S/C43H74O5/c1-4-7-10-13-15-16-17-18-19-20-21-22-23-24-25-26-27-29-32-35-38-46-39-41(48-43(45)37-34-30-12-9-6-3)40-47-42(44)36-33-31-28-14-11-8-5-2/h7,10,15-16,18-19,21-22,24-25,41H,4-6,8-9,11-14,17,20,23,26-40H2,1-3H3/b10-7-,16-15-,19-18-,22-21-,25-24-. The highest BCUT2D eigenvalue weighted by Crippen LogP contribution is 2.11. The second kappa shape index (κ2) is 39.0. The van der Waals surface area contributed by atoms with E-state index in [0.717, 1.165) is 83.5 Å². The number of carbonyl (C=O) groups is 2. The van der Waals surface area contributed by atoms with Crippen LogP contribution < -0.4 is 0 Å². The van der Waals surface area contributed by atoms with E-state index in [1.807, 2.05) is 0 Å². The van der Waals surface area contributed by atoms with Crippen molar-refractivity contribution in [2.75, 3.05) is 19.8 Å². The fourth-order valence-corrected chi connectivity index (χ4v) is 5.12. The zero-order valence-electron chi connectivity index (χ0n) is 31.5. The molecule has 0 aromatic heterocycles. The average Bonchev–Trinajstić information content (AvgIpc) is 3.08. The summed E-state index contributed by atoms with van der Waals surface area (Å²) in [4.78, 5) is 24.7. The van der Waals surface area contributed by atoms with Gasteiger partial charge in [-0.25, -0.2) is 0 Å². The molecule has 0 bridgehead atoms. The summed E-state index contributed by atoms with van der Waals surface area (Å²) in [6.45, 7) is 7.53. The Morgan fingerprint density at radius 2 is 0.938 bits per heavy atom. The van der Waals surface area contributed by atoms with Gasteiger partial charge in [-0.3, -0.25) is 9.59 Å². The van der Waals surface area contributed by atoms with Gasteiger partial charge in [0.15, 0.2) is 6.10 Å². The van der Waals surface area contributed by atoms with Crippen LogP contribution in [-0.4, -0.2) is 37.9 Å². The van der Waals surface area contributed by atoms with Crippen molar-refractivity contribution in [3.63, 3.8) is 0 Å². The molecule has 1 unspecified atom stereocenters. The second-order valence-electron chi connectivity index (χ2n) is 12.8. The molecule has 0 aliphatic rings. The molecule has 0 amide bonds. The van der Waals surface area contributed by atoms with Gasteiger partial charge < -0.3 is 14.2 Å². The summed E-state index contributed by atoms with van der Waals surface area (Å²) in [6.07, 6.45) is 46.8. The Bertz CT molecular complexity index is 853. The van der Waals surface area contributed by atoms with Gasteiger partial charge in [-0.2, -0.15) is 0 Å². The molecule has 1 atom stereocenters. The minimum Gasteiger partial charge on any atom is -0.462 e. The van der Waals surface area contributed by atoms with Gasteiger partial charge in [-0.15, -0.1) is 0 Å². The first kappa shape index (κ1) is 45.6. The lowest BCUT2D eigenvalue weighted by atomic mass is 10.1. The Kier molecular flexibility index (Phi) is 37.1. The van der Waals surface area contributed by atoms with Crippen molar-refractivity contribution in [3.8, 4) is 0 Å². The third-order valence-corrected chi connectivity index (χ3v) is 8.07. The van der Waals surface area contributed by atoms with E-state index in [0.29, 0.717) is 19.4 Å². The molecule has 0 aromatic carbocycles. The first-order valence-corrected chi connectivity index (χ1v) is 19.8. The predicted octanol–water partition coefficient (Wildman–Crippen LogP) is 12.7. The zero-order chi connectivity index (χ0) is 35.0. The van der Waals surface area contributed by atoms with Gasteiger partial charge in [-0.1, -0.05) is 159 Å². The van der Waals surface area contributed by atoms with Crippen molar-refractivity contribution in [2.24, 2.45) is 0 Å². The van der Waals surface area contributed by atoms with E-state index < -0.39 is 6.10 Å². The van der Waals surface area contributed by atoms with E-state index in [4.69, 9.17) is 14.2 Å². The third-order valence-electron chi connectivity index (χ3n) is 8.07. The van der Waals surface area contributed by atoms with Gasteiger partial charge in [0.1, 0.15) is 6.61 Å². The minimum atomic E-state index is -0.540. The topological polar surface area (TPSA) is 61.8 Å². The number of unbranched alkanes of at least 4 members (excludes halogenated alkanes) is 14. The highest BCUT2D eigenvalue weighted by Gasteiger charge is 2.17. The molecule has 48 heavy (non-hydrogen) atoms. The minimum absolute atomic E-state index is 0.0736. The number of rotatable bonds is 35. The molecule has 0 N–H and O–H groups in total. The summed E-state index contributed by atoms with van der Waals surface area (Å²) >= 11 is 0. The highest BCUT2D eigenvalue weighted by molar-refractivity contribution is 5.70. The van der Waals surface area contributed by atoms with Gasteiger partial charge in [0.2, 0.25) is 0 Å². The Morgan fingerprint density at radius 3 is 1.50 bits per heavy atom. The van der Waals surface area contributed by atoms with Gasteiger partial charge in [0.25, 0.3) is 0 Å². The molecule has 0 fully saturated rings. The van der Waals surface area contributed by atoms with Gasteiger partial charge in [-0.05, 0) is 64.2 Å². The summed E-state index contributed by atoms with van der Waals surface area (Å²) in [5, 5.41) is 0. The van der Waals surface area contributed by atoms with Crippen molar-refractivity contribution in [2.45, 2.75) is 181 Å². The molecule has 0 spiro atoms. The molecule has 0 heterocycles. The molecule has 5 heteroatoms. The first-order valence-electron chi connectivity index (χ1n) is 19.8. The van der Waals surface area contributed by atoms with E-state index in [-0.39, 0.29) is 25.2 Å². The number of ether oxygens (including phenoxy) is 3.